The van der Waals surface area contributed by atoms with Crippen molar-refractivity contribution in [3.8, 4) is 22.1 Å². The van der Waals surface area contributed by atoms with E-state index in [-0.39, 0.29) is 6.61 Å². The summed E-state index contributed by atoms with van der Waals surface area (Å²) in [6.45, 7) is 2.19. The molecule has 0 spiro atoms. The predicted octanol–water partition coefficient (Wildman–Crippen LogP) is 3.56. The topological polar surface area (TPSA) is 54.8 Å². The molecule has 0 bridgehead atoms. The van der Waals surface area contributed by atoms with E-state index in [1.165, 1.54) is 19.3 Å². The first kappa shape index (κ1) is 18.2. The van der Waals surface area contributed by atoms with E-state index in [1.807, 2.05) is 18.2 Å². The molecule has 0 radical (unpaired) electrons. The summed E-state index contributed by atoms with van der Waals surface area (Å²) in [7, 11) is 3.32. The fraction of sp³-hybridized carbons (Fsp3) is 0.526. The molecular weight excluding hydrogens is 336 g/mol. The molecule has 136 valence electrons. The molecule has 1 aromatic carbocycles. The first-order chi connectivity index (χ1) is 12.2. The summed E-state index contributed by atoms with van der Waals surface area (Å²) >= 11 is 1.64. The Morgan fingerprint density at radius 2 is 2.16 bits per heavy atom. The van der Waals surface area contributed by atoms with Gasteiger partial charge in [0.05, 0.1) is 25.5 Å². The third-order valence-electron chi connectivity index (χ3n) is 4.77. The number of benzene rings is 1. The minimum Gasteiger partial charge on any atom is -0.497 e. The van der Waals surface area contributed by atoms with Crippen LogP contribution in [0.25, 0.3) is 10.6 Å². The molecule has 1 N–H and O–H groups in total. The minimum absolute atomic E-state index is 0.256. The predicted molar refractivity (Wildman–Crippen MR) is 100 cm³/mol. The fourth-order valence-electron chi connectivity index (χ4n) is 3.43. The Balaban J connectivity index is 1.76. The zero-order valence-electron chi connectivity index (χ0n) is 14.9. The number of likely N-dealkylation sites (tertiary alicyclic amines) is 1. The summed E-state index contributed by atoms with van der Waals surface area (Å²) in [5, 5.41) is 12.4. The summed E-state index contributed by atoms with van der Waals surface area (Å²) in [5.41, 5.74) is 2.08. The molecule has 5 nitrogen and oxygen atoms in total. The van der Waals surface area contributed by atoms with E-state index in [1.54, 1.807) is 25.6 Å². The van der Waals surface area contributed by atoms with Gasteiger partial charge in [0.25, 0.3) is 0 Å². The van der Waals surface area contributed by atoms with E-state index in [9.17, 15) is 5.11 Å². The number of rotatable bonds is 7. The number of hydrogen-bond acceptors (Lipinski definition) is 6. The monoisotopic (exact) mass is 362 g/mol. The highest BCUT2D eigenvalue weighted by molar-refractivity contribution is 7.13. The van der Waals surface area contributed by atoms with Crippen molar-refractivity contribution in [1.29, 1.82) is 0 Å². The van der Waals surface area contributed by atoms with Gasteiger partial charge in [-0.3, -0.25) is 4.90 Å². The molecule has 1 aliphatic rings. The first-order valence-electron chi connectivity index (χ1n) is 8.77. The quantitative estimate of drug-likeness (QED) is 0.816. The van der Waals surface area contributed by atoms with Gasteiger partial charge < -0.3 is 14.6 Å². The summed E-state index contributed by atoms with van der Waals surface area (Å²) in [6.07, 6.45) is 4.50. The summed E-state index contributed by atoms with van der Waals surface area (Å²) in [5.74, 6) is 1.55. The van der Waals surface area contributed by atoms with E-state index in [4.69, 9.17) is 14.5 Å². The lowest BCUT2D eigenvalue weighted by Crippen LogP contribution is -2.39. The Kier molecular flexibility index (Phi) is 6.29. The van der Waals surface area contributed by atoms with E-state index in [0.717, 1.165) is 47.3 Å². The SMILES string of the molecule is COc1ccc(-c2nc(CN3CCCCC3CCO)cs2)c(OC)c1. The highest BCUT2D eigenvalue weighted by Gasteiger charge is 2.23. The number of ether oxygens (including phenoxy) is 2. The van der Waals surface area contributed by atoms with Gasteiger partial charge in [0, 0.05) is 30.6 Å². The maximum absolute atomic E-state index is 9.29. The molecule has 25 heavy (non-hydrogen) atoms. The van der Waals surface area contributed by atoms with Crippen LogP contribution in [-0.2, 0) is 6.54 Å². The van der Waals surface area contributed by atoms with Crippen LogP contribution < -0.4 is 9.47 Å². The molecule has 0 amide bonds. The molecule has 0 saturated carbocycles. The molecule has 2 heterocycles. The van der Waals surface area contributed by atoms with Gasteiger partial charge in [0.2, 0.25) is 0 Å². The molecule has 1 unspecified atom stereocenters. The van der Waals surface area contributed by atoms with Crippen molar-refractivity contribution in [2.24, 2.45) is 0 Å². The molecular formula is C19H26N2O3S. The van der Waals surface area contributed by atoms with Crippen LogP contribution in [0.1, 0.15) is 31.4 Å². The van der Waals surface area contributed by atoms with Gasteiger partial charge in [-0.15, -0.1) is 11.3 Å². The van der Waals surface area contributed by atoms with Gasteiger partial charge >= 0.3 is 0 Å². The lowest BCUT2D eigenvalue weighted by molar-refractivity contribution is 0.111. The zero-order valence-corrected chi connectivity index (χ0v) is 15.7. The van der Waals surface area contributed by atoms with Crippen LogP contribution in [0.3, 0.4) is 0 Å². The maximum Gasteiger partial charge on any atom is 0.132 e. The summed E-state index contributed by atoms with van der Waals surface area (Å²) < 4.78 is 10.8. The Morgan fingerprint density at radius 3 is 2.92 bits per heavy atom. The minimum atomic E-state index is 0.256. The fourth-order valence-corrected chi connectivity index (χ4v) is 4.27. The lowest BCUT2D eigenvalue weighted by Gasteiger charge is -2.35. The number of nitrogens with zero attached hydrogens (tertiary/aromatic N) is 2. The highest BCUT2D eigenvalue weighted by atomic mass is 32.1. The highest BCUT2D eigenvalue weighted by Crippen LogP contribution is 2.35. The summed E-state index contributed by atoms with van der Waals surface area (Å²) in [6, 6.07) is 6.29. The van der Waals surface area contributed by atoms with Crippen LogP contribution in [-0.4, -0.2) is 48.4 Å². The second-order valence-corrected chi connectivity index (χ2v) is 7.20. The summed E-state index contributed by atoms with van der Waals surface area (Å²) in [4.78, 5) is 7.29. The third-order valence-corrected chi connectivity index (χ3v) is 5.69. The van der Waals surface area contributed by atoms with Crippen molar-refractivity contribution >= 4 is 11.3 Å². The van der Waals surface area contributed by atoms with Crippen molar-refractivity contribution in [1.82, 2.24) is 9.88 Å². The van der Waals surface area contributed by atoms with Crippen LogP contribution in [0.5, 0.6) is 11.5 Å². The van der Waals surface area contributed by atoms with E-state index < -0.39 is 0 Å². The van der Waals surface area contributed by atoms with E-state index in [2.05, 4.69) is 10.3 Å². The molecule has 2 aromatic rings. The van der Waals surface area contributed by atoms with Crippen molar-refractivity contribution < 1.29 is 14.6 Å². The molecule has 1 saturated heterocycles. The van der Waals surface area contributed by atoms with Crippen LogP contribution in [0, 0.1) is 0 Å². The zero-order chi connectivity index (χ0) is 17.6. The Bertz CT molecular complexity index is 687. The van der Waals surface area contributed by atoms with Crippen molar-refractivity contribution in [2.45, 2.75) is 38.3 Å². The Hall–Kier alpha value is -1.63. The molecule has 3 rings (SSSR count). The molecule has 1 aliphatic heterocycles. The molecule has 1 atom stereocenters. The Labute approximate surface area is 153 Å². The van der Waals surface area contributed by atoms with Crippen LogP contribution >= 0.6 is 11.3 Å². The van der Waals surface area contributed by atoms with Gasteiger partial charge in [0.15, 0.2) is 0 Å². The number of aromatic nitrogens is 1. The lowest BCUT2D eigenvalue weighted by atomic mass is 9.99. The number of thiazole rings is 1. The third kappa shape index (κ3) is 4.32. The van der Waals surface area contributed by atoms with Gasteiger partial charge in [-0.25, -0.2) is 4.98 Å². The van der Waals surface area contributed by atoms with Gasteiger partial charge in [-0.2, -0.15) is 0 Å². The largest absolute Gasteiger partial charge is 0.497 e. The van der Waals surface area contributed by atoms with Gasteiger partial charge in [-0.1, -0.05) is 6.42 Å². The smallest absolute Gasteiger partial charge is 0.132 e. The average molecular weight is 362 g/mol. The molecule has 1 fully saturated rings. The van der Waals surface area contributed by atoms with Crippen molar-refractivity contribution in [3.63, 3.8) is 0 Å². The van der Waals surface area contributed by atoms with Gasteiger partial charge in [-0.05, 0) is 37.9 Å². The molecule has 6 heteroatoms. The number of aliphatic hydroxyl groups excluding tert-OH is 1. The number of hydrogen-bond donors (Lipinski definition) is 1. The van der Waals surface area contributed by atoms with Crippen molar-refractivity contribution in [2.75, 3.05) is 27.4 Å². The number of aliphatic hydroxyl groups is 1. The van der Waals surface area contributed by atoms with Crippen LogP contribution in [0.2, 0.25) is 0 Å². The second-order valence-electron chi connectivity index (χ2n) is 6.34. The number of piperidine rings is 1. The van der Waals surface area contributed by atoms with E-state index >= 15 is 0 Å². The standard InChI is InChI=1S/C19H26N2O3S/c1-23-16-6-7-17(18(11-16)24-2)19-20-14(13-25-19)12-21-9-4-3-5-15(21)8-10-22/h6-7,11,13,15,22H,3-5,8-10,12H2,1-2H3. The molecule has 0 aliphatic carbocycles. The maximum atomic E-state index is 9.29. The van der Waals surface area contributed by atoms with Gasteiger partial charge in [0.1, 0.15) is 16.5 Å². The number of methoxy groups -OCH3 is 2. The van der Waals surface area contributed by atoms with E-state index in [0.29, 0.717) is 6.04 Å². The van der Waals surface area contributed by atoms with Crippen LogP contribution in [0.15, 0.2) is 23.6 Å². The molecule has 1 aromatic heterocycles. The normalized spacial score (nSPS) is 18.3. The van der Waals surface area contributed by atoms with Crippen LogP contribution in [0.4, 0.5) is 0 Å². The Morgan fingerprint density at radius 1 is 1.28 bits per heavy atom. The van der Waals surface area contributed by atoms with Crippen molar-refractivity contribution in [3.05, 3.63) is 29.3 Å². The average Bonchev–Trinajstić information content (AvgIpc) is 3.11. The second kappa shape index (κ2) is 8.65. The first-order valence-corrected chi connectivity index (χ1v) is 9.65.